The molecule has 0 aliphatic carbocycles. The number of ether oxygens (including phenoxy) is 11. The van der Waals surface area contributed by atoms with Crippen molar-refractivity contribution >= 4 is 11.9 Å². The zero-order valence-corrected chi connectivity index (χ0v) is 35.8. The van der Waals surface area contributed by atoms with Crippen LogP contribution in [0.25, 0.3) is 0 Å². The first kappa shape index (κ1) is 45.3. The van der Waals surface area contributed by atoms with E-state index in [0.29, 0.717) is 0 Å². The average Bonchev–Trinajstić information content (AvgIpc) is 3.32. The molecule has 0 spiro atoms. The van der Waals surface area contributed by atoms with Gasteiger partial charge in [0, 0.05) is 19.4 Å². The topological polar surface area (TPSA) is 136 Å². The number of carbonyl (C=O) groups is 2. The predicted octanol–water partition coefficient (Wildman–Crippen LogP) is 7.40. The van der Waals surface area contributed by atoms with Crippen molar-refractivity contribution in [3.63, 3.8) is 0 Å². The largest absolute Gasteiger partial charge is 0.455 e. The maximum Gasteiger partial charge on any atom is 0.303 e. The Morgan fingerprint density at radius 3 is 1.53 bits per heavy atom. The van der Waals surface area contributed by atoms with Gasteiger partial charge in [0.1, 0.15) is 36.6 Å². The molecular formula is C51H54O13. The van der Waals surface area contributed by atoms with Crippen LogP contribution in [0.4, 0.5) is 0 Å². The molecule has 64 heavy (non-hydrogen) atoms. The van der Waals surface area contributed by atoms with Crippen LogP contribution in [0.15, 0.2) is 152 Å². The number of hydrogen-bond donors (Lipinski definition) is 0. The first-order valence-electron chi connectivity index (χ1n) is 21.6. The van der Waals surface area contributed by atoms with E-state index in [9.17, 15) is 9.59 Å². The Morgan fingerprint density at radius 1 is 0.500 bits per heavy atom. The third-order valence-corrected chi connectivity index (χ3v) is 11.1. The Morgan fingerprint density at radius 2 is 0.984 bits per heavy atom. The maximum absolute atomic E-state index is 12.9. The molecule has 13 heteroatoms. The molecule has 13 nitrogen and oxygen atoms in total. The number of carbonyl (C=O) groups excluding carboxylic acids is 2. The second-order valence-corrected chi connectivity index (χ2v) is 15.8. The van der Waals surface area contributed by atoms with E-state index in [2.05, 4.69) is 0 Å². The molecule has 0 bridgehead atoms. The molecule has 0 amide bonds. The van der Waals surface area contributed by atoms with Gasteiger partial charge in [-0.2, -0.15) is 0 Å². The molecule has 5 aromatic carbocycles. The lowest BCUT2D eigenvalue weighted by Gasteiger charge is -2.51. The van der Waals surface area contributed by atoms with Gasteiger partial charge in [-0.3, -0.25) is 9.59 Å². The fraction of sp³-hybridized carbons (Fsp3) is 0.373. The van der Waals surface area contributed by atoms with Gasteiger partial charge >= 0.3 is 11.9 Å². The van der Waals surface area contributed by atoms with E-state index < -0.39 is 79.6 Å². The standard InChI is InChI=1S/C51H54O13/c1-34(52)59-46-44-42(33-58-49(63-44)40-26-16-7-17-27-40)62-51(48(46)60-35(2)53)64-43-41(32-54-28-36-18-8-3-9-19-36)61-50(57-31-39-24-14-6-15-25-39)47(56-30-38-22-12-5-13-23-38)45(43)55-29-37-20-10-4-11-21-37/h3-27,41-51H,28-33H2,1-2H3/t41-,42-,43-,44+,45+,46+,47-,48-,49+,50+,51+/m1/s1. The minimum absolute atomic E-state index is 0.0245. The highest BCUT2D eigenvalue weighted by atomic mass is 16.8. The van der Waals surface area contributed by atoms with Crippen molar-refractivity contribution in [2.75, 3.05) is 13.2 Å². The molecular weight excluding hydrogens is 821 g/mol. The van der Waals surface area contributed by atoms with Gasteiger partial charge in [0.2, 0.25) is 0 Å². The predicted molar refractivity (Wildman–Crippen MR) is 231 cm³/mol. The summed E-state index contributed by atoms with van der Waals surface area (Å²) in [5.74, 6) is -1.26. The Kier molecular flexibility index (Phi) is 15.9. The van der Waals surface area contributed by atoms with Crippen molar-refractivity contribution in [3.8, 4) is 0 Å². The van der Waals surface area contributed by atoms with Gasteiger partial charge in [-0.25, -0.2) is 0 Å². The van der Waals surface area contributed by atoms with Crippen molar-refractivity contribution in [1.82, 2.24) is 0 Å². The van der Waals surface area contributed by atoms with E-state index in [1.165, 1.54) is 13.8 Å². The average molecular weight is 875 g/mol. The highest BCUT2D eigenvalue weighted by Crippen LogP contribution is 2.39. The molecule has 11 atom stereocenters. The van der Waals surface area contributed by atoms with Gasteiger partial charge in [-0.15, -0.1) is 0 Å². The fourth-order valence-electron chi connectivity index (χ4n) is 8.06. The van der Waals surface area contributed by atoms with Crippen molar-refractivity contribution < 1.29 is 61.7 Å². The van der Waals surface area contributed by atoms with E-state index in [1.54, 1.807) is 0 Å². The Balaban J connectivity index is 1.16. The Bertz CT molecular complexity index is 2160. The smallest absolute Gasteiger partial charge is 0.303 e. The molecule has 3 aliphatic rings. The summed E-state index contributed by atoms with van der Waals surface area (Å²) in [4.78, 5) is 25.8. The fourth-order valence-corrected chi connectivity index (χ4v) is 8.06. The van der Waals surface area contributed by atoms with E-state index in [0.717, 1.165) is 27.8 Å². The van der Waals surface area contributed by atoms with Crippen LogP contribution in [0.2, 0.25) is 0 Å². The van der Waals surface area contributed by atoms with Crippen LogP contribution in [-0.2, 0) is 88.1 Å². The summed E-state index contributed by atoms with van der Waals surface area (Å²) in [6.45, 7) is 3.47. The number of benzene rings is 5. The summed E-state index contributed by atoms with van der Waals surface area (Å²) in [5.41, 5.74) is 4.47. The van der Waals surface area contributed by atoms with Crippen molar-refractivity contribution in [2.24, 2.45) is 0 Å². The monoisotopic (exact) mass is 874 g/mol. The first-order chi connectivity index (χ1) is 31.4. The summed E-state index contributed by atoms with van der Waals surface area (Å²) in [7, 11) is 0. The van der Waals surface area contributed by atoms with Crippen LogP contribution in [-0.4, -0.2) is 86.6 Å². The minimum Gasteiger partial charge on any atom is -0.455 e. The third-order valence-electron chi connectivity index (χ3n) is 11.1. The van der Waals surface area contributed by atoms with Crippen LogP contribution in [0.1, 0.15) is 48.0 Å². The second-order valence-electron chi connectivity index (χ2n) is 15.8. The number of fused-ring (bicyclic) bond motifs is 1. The lowest BCUT2D eigenvalue weighted by atomic mass is 9.95. The van der Waals surface area contributed by atoms with Crippen molar-refractivity contribution in [1.29, 1.82) is 0 Å². The van der Waals surface area contributed by atoms with Gasteiger partial charge in [-0.05, 0) is 22.3 Å². The van der Waals surface area contributed by atoms with Gasteiger partial charge in [-0.1, -0.05) is 152 Å². The van der Waals surface area contributed by atoms with Crippen LogP contribution in [0, 0.1) is 0 Å². The summed E-state index contributed by atoms with van der Waals surface area (Å²) < 4.78 is 71.9. The van der Waals surface area contributed by atoms with E-state index in [-0.39, 0.29) is 39.6 Å². The summed E-state index contributed by atoms with van der Waals surface area (Å²) >= 11 is 0. The molecule has 0 N–H and O–H groups in total. The minimum atomic E-state index is -1.35. The molecule has 5 aromatic rings. The molecule has 0 saturated carbocycles. The molecule has 336 valence electrons. The van der Waals surface area contributed by atoms with Crippen molar-refractivity contribution in [2.45, 2.75) is 108 Å². The van der Waals surface area contributed by atoms with Crippen LogP contribution < -0.4 is 0 Å². The normalized spacial score (nSPS) is 27.8. The lowest BCUT2D eigenvalue weighted by molar-refractivity contribution is -0.391. The van der Waals surface area contributed by atoms with Crippen LogP contribution >= 0.6 is 0 Å². The molecule has 0 aromatic heterocycles. The summed E-state index contributed by atoms with van der Waals surface area (Å²) in [6.07, 6.45) is -11.0. The Hall–Kier alpha value is -5.32. The molecule has 3 aliphatic heterocycles. The third kappa shape index (κ3) is 12.1. The number of esters is 2. The summed E-state index contributed by atoms with van der Waals surface area (Å²) in [5, 5.41) is 0. The van der Waals surface area contributed by atoms with Gasteiger partial charge in [0.25, 0.3) is 0 Å². The zero-order valence-electron chi connectivity index (χ0n) is 35.8. The highest BCUT2D eigenvalue weighted by Gasteiger charge is 2.57. The second kappa shape index (κ2) is 22.5. The lowest BCUT2D eigenvalue weighted by Crippen LogP contribution is -2.67. The molecule has 8 rings (SSSR count). The quantitative estimate of drug-likeness (QED) is 0.0810. The number of hydrogen-bond acceptors (Lipinski definition) is 13. The summed E-state index contributed by atoms with van der Waals surface area (Å²) in [6, 6.07) is 48.5. The molecule has 3 saturated heterocycles. The van der Waals surface area contributed by atoms with Crippen molar-refractivity contribution in [3.05, 3.63) is 179 Å². The molecule has 0 unspecified atom stereocenters. The molecule has 0 radical (unpaired) electrons. The molecule has 3 fully saturated rings. The zero-order chi connectivity index (χ0) is 44.1. The Labute approximate surface area is 373 Å². The van der Waals surface area contributed by atoms with E-state index >= 15 is 0 Å². The SMILES string of the molecule is CC(=O)O[C@H]1[C@H]2O[C@@H](c3ccccc3)OC[C@H]2O[C@@H](O[C@H]2[C@H](OCc3ccccc3)[C@@H](OCc3ccccc3)[C@@H](OCc3ccccc3)O[C@@H]2COCc2ccccc2)[C@@H]1OC(C)=O. The highest BCUT2D eigenvalue weighted by molar-refractivity contribution is 5.67. The van der Waals surface area contributed by atoms with Gasteiger partial charge in [0.05, 0.1) is 39.6 Å². The maximum atomic E-state index is 12.9. The van der Waals surface area contributed by atoms with Gasteiger partial charge in [0.15, 0.2) is 31.1 Å². The van der Waals surface area contributed by atoms with Crippen LogP contribution in [0.3, 0.4) is 0 Å². The van der Waals surface area contributed by atoms with E-state index in [1.807, 2.05) is 152 Å². The molecule has 3 heterocycles. The van der Waals surface area contributed by atoms with E-state index in [4.69, 9.17) is 52.1 Å². The first-order valence-corrected chi connectivity index (χ1v) is 21.6. The van der Waals surface area contributed by atoms with Crippen LogP contribution in [0.5, 0.6) is 0 Å². The van der Waals surface area contributed by atoms with Gasteiger partial charge < -0.3 is 52.1 Å². The number of rotatable bonds is 18.